The predicted molar refractivity (Wildman–Crippen MR) is 99.7 cm³/mol. The van der Waals surface area contributed by atoms with Crippen LogP contribution in [0.25, 0.3) is 5.76 Å². The van der Waals surface area contributed by atoms with Gasteiger partial charge in [0.15, 0.2) is 0 Å². The van der Waals surface area contributed by atoms with Crippen molar-refractivity contribution >= 4 is 32.8 Å². The van der Waals surface area contributed by atoms with Crippen LogP contribution in [-0.2, 0) is 13.6 Å². The molecule has 128 valence electrons. The van der Waals surface area contributed by atoms with E-state index in [1.807, 2.05) is 37.3 Å². The van der Waals surface area contributed by atoms with Gasteiger partial charge in [0.25, 0.3) is 0 Å². The van der Waals surface area contributed by atoms with E-state index >= 15 is 0 Å². The molecule has 1 aliphatic rings. The van der Waals surface area contributed by atoms with Crippen LogP contribution in [0.15, 0.2) is 59.1 Å². The molecule has 0 N–H and O–H groups in total. The molecule has 0 saturated heterocycles. The molecule has 0 bridgehead atoms. The minimum atomic E-state index is -3.11. The number of hydrogen-bond donors (Lipinski definition) is 0. The molecule has 2 aromatic carbocycles. The van der Waals surface area contributed by atoms with Gasteiger partial charge in [0, 0.05) is 0 Å². The van der Waals surface area contributed by atoms with Crippen LogP contribution in [0.5, 0.6) is 0 Å². The Morgan fingerprint density at radius 1 is 1.20 bits per heavy atom. The number of rotatable bonds is 5. The van der Waals surface area contributed by atoms with E-state index in [1.54, 1.807) is 12.1 Å². The third-order valence-electron chi connectivity index (χ3n) is 3.68. The summed E-state index contributed by atoms with van der Waals surface area (Å²) in [5.74, 6) is 0.649. The first-order chi connectivity index (χ1) is 12.1. The molecule has 25 heavy (non-hydrogen) atoms. The van der Waals surface area contributed by atoms with Crippen molar-refractivity contribution in [3.05, 3.63) is 70.2 Å². The first-order valence-electron chi connectivity index (χ1n) is 8.03. The molecule has 0 saturated carbocycles. The molecule has 6 heteroatoms. The van der Waals surface area contributed by atoms with Crippen LogP contribution in [0.4, 0.5) is 0 Å². The maximum atomic E-state index is 12.8. The summed E-state index contributed by atoms with van der Waals surface area (Å²) in [5, 5.41) is 8.98. The zero-order valence-corrected chi connectivity index (χ0v) is 16.5. The second-order valence-electron chi connectivity index (χ2n) is 5.45. The van der Waals surface area contributed by atoms with Crippen molar-refractivity contribution in [1.82, 2.24) is 0 Å². The molecule has 1 unspecified atom stereocenters. The van der Waals surface area contributed by atoms with Gasteiger partial charge in [-0.25, -0.2) is 0 Å². The van der Waals surface area contributed by atoms with Gasteiger partial charge in [0.05, 0.1) is 0 Å². The van der Waals surface area contributed by atoms with E-state index in [1.165, 1.54) is 4.46 Å². The molecule has 0 aliphatic carbocycles. The average molecular weight is 418 g/mol. The zero-order valence-electron chi connectivity index (χ0n) is 13.8. The first kappa shape index (κ1) is 18.0. The summed E-state index contributed by atoms with van der Waals surface area (Å²) in [6.07, 6.45) is 1.10. The van der Waals surface area contributed by atoms with E-state index < -0.39 is 7.60 Å². The van der Waals surface area contributed by atoms with Gasteiger partial charge < -0.3 is 0 Å². The molecule has 2 aromatic rings. The van der Waals surface area contributed by atoms with Gasteiger partial charge >= 0.3 is 154 Å². The molecule has 0 fully saturated rings. The molecule has 1 aliphatic heterocycles. The Hall–Kier alpha value is -1.82. The molecular weight excluding hydrogens is 400 g/mol. The topological polar surface area (TPSA) is 59.3 Å². The van der Waals surface area contributed by atoms with Gasteiger partial charge in [-0.2, -0.15) is 0 Å². The molecular formula is C19H18NO3PSe. The van der Waals surface area contributed by atoms with E-state index in [-0.39, 0.29) is 15.0 Å². The zero-order chi connectivity index (χ0) is 17.7. The Balaban J connectivity index is 1.99. The van der Waals surface area contributed by atoms with Gasteiger partial charge in [0.2, 0.25) is 0 Å². The van der Waals surface area contributed by atoms with Crippen LogP contribution < -0.4 is 4.46 Å². The number of benzene rings is 2. The van der Waals surface area contributed by atoms with Crippen LogP contribution in [0.1, 0.15) is 24.5 Å². The van der Waals surface area contributed by atoms with Crippen molar-refractivity contribution < 1.29 is 13.6 Å². The molecule has 0 aromatic heterocycles. The van der Waals surface area contributed by atoms with Crippen molar-refractivity contribution in [2.45, 2.75) is 13.3 Å². The third-order valence-corrected chi connectivity index (χ3v) is 7.97. The van der Waals surface area contributed by atoms with Crippen molar-refractivity contribution in [3.8, 4) is 6.07 Å². The van der Waals surface area contributed by atoms with E-state index in [0.29, 0.717) is 30.5 Å². The number of nitriles is 1. The fraction of sp³-hybridized carbons (Fsp3) is 0.211. The van der Waals surface area contributed by atoms with Gasteiger partial charge in [-0.05, 0) is 0 Å². The standard InChI is InChI=1S/C19H18NO3PSe/c1-2-22-24(21)13-12-18(25-17-6-4-3-5-7-17)19(23-24)16-10-8-15(14-20)9-11-16/h3-11H,2,12-13H2,1H3. The van der Waals surface area contributed by atoms with Crippen molar-refractivity contribution in [3.63, 3.8) is 0 Å². The SMILES string of the molecule is CCOP1(=O)CCC([Se]c2ccccc2)=C(c2ccc(C#N)cc2)O1. The fourth-order valence-electron chi connectivity index (χ4n) is 2.51. The summed E-state index contributed by atoms with van der Waals surface area (Å²) in [7, 11) is -3.11. The van der Waals surface area contributed by atoms with E-state index in [9.17, 15) is 4.57 Å². The summed E-state index contributed by atoms with van der Waals surface area (Å²) < 4.78 is 26.5. The van der Waals surface area contributed by atoms with Crippen LogP contribution in [0.3, 0.4) is 0 Å². The molecule has 0 amide bonds. The third kappa shape index (κ3) is 4.42. The van der Waals surface area contributed by atoms with Crippen LogP contribution in [0, 0.1) is 11.3 Å². The van der Waals surface area contributed by atoms with Gasteiger partial charge in [-0.1, -0.05) is 0 Å². The van der Waals surface area contributed by atoms with Crippen molar-refractivity contribution in [1.29, 1.82) is 5.26 Å². The molecule has 1 atom stereocenters. The van der Waals surface area contributed by atoms with E-state index in [4.69, 9.17) is 14.3 Å². The predicted octanol–water partition coefficient (Wildman–Crippen LogP) is 3.91. The Bertz CT molecular complexity index is 856. The van der Waals surface area contributed by atoms with Crippen LogP contribution in [-0.4, -0.2) is 27.7 Å². The fourth-order valence-corrected chi connectivity index (χ4v) is 6.82. The summed E-state index contributed by atoms with van der Waals surface area (Å²) in [5.41, 5.74) is 1.43. The summed E-state index contributed by atoms with van der Waals surface area (Å²) in [6.45, 7) is 2.18. The maximum absolute atomic E-state index is 12.8. The van der Waals surface area contributed by atoms with Crippen molar-refractivity contribution in [2.24, 2.45) is 0 Å². The monoisotopic (exact) mass is 419 g/mol. The molecule has 0 spiro atoms. The van der Waals surface area contributed by atoms with Crippen LogP contribution in [0.2, 0.25) is 0 Å². The van der Waals surface area contributed by atoms with E-state index in [2.05, 4.69) is 18.2 Å². The quantitative estimate of drug-likeness (QED) is 0.546. The Morgan fingerprint density at radius 3 is 2.56 bits per heavy atom. The first-order valence-corrected chi connectivity index (χ1v) is 11.5. The normalized spacial score (nSPS) is 20.0. The minimum absolute atomic E-state index is 0.0853. The molecule has 3 rings (SSSR count). The number of allylic oxidation sites excluding steroid dienone is 1. The molecule has 0 radical (unpaired) electrons. The van der Waals surface area contributed by atoms with Crippen molar-refractivity contribution in [2.75, 3.05) is 12.8 Å². The molecule has 1 heterocycles. The Kier molecular flexibility index (Phi) is 5.78. The number of nitrogens with zero attached hydrogens (tertiary/aromatic N) is 1. The second-order valence-corrected chi connectivity index (χ2v) is 10.0. The Morgan fingerprint density at radius 2 is 1.92 bits per heavy atom. The average Bonchev–Trinajstić information content (AvgIpc) is 2.64. The van der Waals surface area contributed by atoms with Gasteiger partial charge in [0.1, 0.15) is 0 Å². The number of hydrogen-bond acceptors (Lipinski definition) is 4. The second kappa shape index (κ2) is 8.04. The summed E-state index contributed by atoms with van der Waals surface area (Å²) in [6, 6.07) is 19.5. The molecule has 4 nitrogen and oxygen atoms in total. The Labute approximate surface area is 154 Å². The summed E-state index contributed by atoms with van der Waals surface area (Å²) >= 11 is 0.0853. The summed E-state index contributed by atoms with van der Waals surface area (Å²) in [4.78, 5) is 0. The van der Waals surface area contributed by atoms with Crippen LogP contribution >= 0.6 is 7.60 Å². The van der Waals surface area contributed by atoms with Gasteiger partial charge in [-0.3, -0.25) is 0 Å². The van der Waals surface area contributed by atoms with Gasteiger partial charge in [-0.15, -0.1) is 0 Å². The van der Waals surface area contributed by atoms with E-state index in [0.717, 1.165) is 10.0 Å².